The molecule has 0 amide bonds. The molecule has 0 N–H and O–H groups in total. The predicted molar refractivity (Wildman–Crippen MR) is 158 cm³/mol. The van der Waals surface area contributed by atoms with Crippen molar-refractivity contribution in [2.45, 2.75) is 47.6 Å². The molecule has 0 aliphatic carbocycles. The lowest BCUT2D eigenvalue weighted by atomic mass is 9.95. The molecule has 206 valence electrons. The first-order valence-corrected chi connectivity index (χ1v) is 14.1. The van der Waals surface area contributed by atoms with E-state index in [-0.39, 0.29) is 12.2 Å². The van der Waals surface area contributed by atoms with Crippen molar-refractivity contribution in [1.29, 1.82) is 0 Å². The predicted octanol–water partition coefficient (Wildman–Crippen LogP) is 4.83. The third kappa shape index (κ3) is 4.84. The van der Waals surface area contributed by atoms with Gasteiger partial charge >= 0.3 is 5.97 Å². The van der Waals surface area contributed by atoms with E-state index in [4.69, 9.17) is 9.47 Å². The second-order valence-electron chi connectivity index (χ2n) is 10.1. The number of hydrogen-bond acceptors (Lipinski definition) is 6. The van der Waals surface area contributed by atoms with Gasteiger partial charge in [0.05, 0.1) is 35.6 Å². The third-order valence-corrected chi connectivity index (χ3v) is 8.13. The van der Waals surface area contributed by atoms with Crippen molar-refractivity contribution in [2.24, 2.45) is 4.99 Å². The van der Waals surface area contributed by atoms with E-state index < -0.39 is 12.0 Å². The zero-order valence-corrected chi connectivity index (χ0v) is 24.7. The molecule has 2 aromatic heterocycles. The number of ether oxygens (including phenoxy) is 2. The van der Waals surface area contributed by atoms with Gasteiger partial charge in [0.1, 0.15) is 5.75 Å². The number of rotatable bonds is 6. The van der Waals surface area contributed by atoms with Crippen LogP contribution in [0.1, 0.15) is 53.5 Å². The molecule has 0 fully saturated rings. The maximum atomic E-state index is 14.0. The topological polar surface area (TPSA) is 74.8 Å². The summed E-state index contributed by atoms with van der Waals surface area (Å²) in [5.74, 6) is 0.152. The molecule has 1 atom stereocenters. The lowest BCUT2D eigenvalue weighted by molar-refractivity contribution is -0.139. The smallest absolute Gasteiger partial charge is 0.338 e. The van der Waals surface area contributed by atoms with Crippen molar-refractivity contribution in [3.63, 3.8) is 0 Å². The Bertz CT molecular complexity index is 1840. The zero-order valence-electron chi connectivity index (χ0n) is 23.9. The molecular formula is C32H33N3O4S. The van der Waals surface area contributed by atoms with Crippen molar-refractivity contribution in [1.82, 2.24) is 9.13 Å². The van der Waals surface area contributed by atoms with Crippen LogP contribution in [0.2, 0.25) is 0 Å². The van der Waals surface area contributed by atoms with Crippen molar-refractivity contribution in [3.05, 3.63) is 113 Å². The second kappa shape index (κ2) is 10.8. The molecule has 0 saturated carbocycles. The largest absolute Gasteiger partial charge is 0.497 e. The van der Waals surface area contributed by atoms with Crippen LogP contribution >= 0.6 is 11.3 Å². The number of hydrogen-bond donors (Lipinski definition) is 0. The summed E-state index contributed by atoms with van der Waals surface area (Å²) in [6.45, 7) is 12.1. The zero-order chi connectivity index (χ0) is 28.7. The summed E-state index contributed by atoms with van der Waals surface area (Å²) in [5.41, 5.74) is 8.00. The van der Waals surface area contributed by atoms with E-state index in [0.29, 0.717) is 26.4 Å². The molecule has 7 nitrogen and oxygen atoms in total. The summed E-state index contributed by atoms with van der Waals surface area (Å²) >= 11 is 1.32. The maximum Gasteiger partial charge on any atom is 0.338 e. The molecule has 5 rings (SSSR count). The molecule has 0 radical (unpaired) electrons. The molecule has 40 heavy (non-hydrogen) atoms. The summed E-state index contributed by atoms with van der Waals surface area (Å²) < 4.78 is 15.2. The highest BCUT2D eigenvalue weighted by molar-refractivity contribution is 7.07. The Labute approximate surface area is 237 Å². The number of esters is 1. The minimum absolute atomic E-state index is 0.206. The van der Waals surface area contributed by atoms with Crippen LogP contribution in [0.25, 0.3) is 11.8 Å². The van der Waals surface area contributed by atoms with E-state index in [9.17, 15) is 9.59 Å². The molecule has 2 aromatic carbocycles. The number of nitrogens with zero attached hydrogens (tertiary/aromatic N) is 3. The first-order chi connectivity index (χ1) is 19.1. The molecule has 0 spiro atoms. The number of carbonyl (C=O) groups excluding carboxylic acids is 1. The first-order valence-electron chi connectivity index (χ1n) is 13.2. The van der Waals surface area contributed by atoms with Crippen LogP contribution in [0.4, 0.5) is 0 Å². The molecule has 0 unspecified atom stereocenters. The fourth-order valence-corrected chi connectivity index (χ4v) is 6.51. The number of benzene rings is 2. The van der Waals surface area contributed by atoms with Gasteiger partial charge in [-0.15, -0.1) is 0 Å². The van der Waals surface area contributed by atoms with Gasteiger partial charge in [-0.25, -0.2) is 9.79 Å². The number of aryl methyl sites for hydroxylation is 3. The van der Waals surface area contributed by atoms with Gasteiger partial charge < -0.3 is 14.0 Å². The quantitative estimate of drug-likeness (QED) is 0.320. The van der Waals surface area contributed by atoms with Crippen LogP contribution < -0.4 is 19.6 Å². The van der Waals surface area contributed by atoms with Crippen molar-refractivity contribution >= 4 is 23.4 Å². The van der Waals surface area contributed by atoms with Gasteiger partial charge in [0.25, 0.3) is 5.56 Å². The van der Waals surface area contributed by atoms with Gasteiger partial charge in [-0.1, -0.05) is 29.5 Å². The molecule has 1 aliphatic rings. The third-order valence-electron chi connectivity index (χ3n) is 7.15. The van der Waals surface area contributed by atoms with Gasteiger partial charge in [0.15, 0.2) is 4.80 Å². The summed E-state index contributed by atoms with van der Waals surface area (Å²) in [6.07, 6.45) is 1.93. The highest BCUT2D eigenvalue weighted by Crippen LogP contribution is 2.32. The van der Waals surface area contributed by atoms with Crippen LogP contribution in [0.3, 0.4) is 0 Å². The van der Waals surface area contributed by atoms with E-state index in [2.05, 4.69) is 61.5 Å². The van der Waals surface area contributed by atoms with E-state index >= 15 is 0 Å². The first kappa shape index (κ1) is 27.4. The lowest BCUT2D eigenvalue weighted by Crippen LogP contribution is -2.39. The highest BCUT2D eigenvalue weighted by Gasteiger charge is 2.33. The Kier molecular flexibility index (Phi) is 7.38. The number of fused-ring (bicyclic) bond motifs is 1. The molecule has 3 heterocycles. The SMILES string of the molecule is CCOC(=O)C1=C(C)N=c2s/c(=C/c3cc(C)n(-c4cc(C)cc(C)c4)c3C)c(=O)n2[C@@H]1c1cccc(OC)c1. The fraction of sp³-hybridized carbons (Fsp3) is 0.281. The number of aromatic nitrogens is 2. The Balaban J connectivity index is 1.70. The van der Waals surface area contributed by atoms with Gasteiger partial charge in [0, 0.05) is 17.1 Å². The van der Waals surface area contributed by atoms with Crippen LogP contribution in [0.15, 0.2) is 69.6 Å². The average molecular weight is 556 g/mol. The Morgan fingerprint density at radius 1 is 1.05 bits per heavy atom. The van der Waals surface area contributed by atoms with Crippen molar-refractivity contribution < 1.29 is 14.3 Å². The molecular weight excluding hydrogens is 522 g/mol. The molecule has 0 bridgehead atoms. The average Bonchev–Trinajstić information content (AvgIpc) is 3.36. The van der Waals surface area contributed by atoms with Crippen LogP contribution in [-0.4, -0.2) is 28.8 Å². The molecule has 8 heteroatoms. The van der Waals surface area contributed by atoms with E-state index in [1.54, 1.807) is 25.5 Å². The molecule has 1 aliphatic heterocycles. The molecule has 4 aromatic rings. The number of allylic oxidation sites excluding steroid dienone is 1. The highest BCUT2D eigenvalue weighted by atomic mass is 32.1. The number of carbonyl (C=O) groups is 1. The van der Waals surface area contributed by atoms with Crippen LogP contribution in [0.5, 0.6) is 5.75 Å². The summed E-state index contributed by atoms with van der Waals surface area (Å²) in [5, 5.41) is 0. The second-order valence-corrected chi connectivity index (χ2v) is 11.1. The Morgan fingerprint density at radius 3 is 2.45 bits per heavy atom. The van der Waals surface area contributed by atoms with Crippen molar-refractivity contribution in [3.8, 4) is 11.4 Å². The van der Waals surface area contributed by atoms with Gasteiger partial charge in [-0.3, -0.25) is 9.36 Å². The number of thiazole rings is 1. The summed E-state index contributed by atoms with van der Waals surface area (Å²) in [7, 11) is 1.59. The Morgan fingerprint density at radius 2 is 1.77 bits per heavy atom. The lowest BCUT2D eigenvalue weighted by Gasteiger charge is -2.25. The van der Waals surface area contributed by atoms with E-state index in [1.165, 1.54) is 22.5 Å². The minimum atomic E-state index is -0.685. The Hall–Kier alpha value is -4.17. The summed E-state index contributed by atoms with van der Waals surface area (Å²) in [4.78, 5) is 32.4. The number of methoxy groups -OCH3 is 1. The standard InChI is InChI=1S/C32H33N3O4S/c1-8-39-31(37)28-21(5)33-32-35(29(28)23-10-9-11-26(16-23)38-7)30(36)27(40-32)17-24-15-20(4)34(22(24)6)25-13-18(2)12-19(3)14-25/h9-17,29H,8H2,1-7H3/b27-17+/t29-/m1/s1. The van der Waals surface area contributed by atoms with Gasteiger partial charge in [-0.05, 0) is 100 Å². The summed E-state index contributed by atoms with van der Waals surface area (Å²) in [6, 6.07) is 15.3. The van der Waals surface area contributed by atoms with Crippen LogP contribution in [0, 0.1) is 27.7 Å². The maximum absolute atomic E-state index is 14.0. The van der Waals surface area contributed by atoms with Gasteiger partial charge in [0.2, 0.25) is 0 Å². The fourth-order valence-electron chi connectivity index (χ4n) is 5.47. The van der Waals surface area contributed by atoms with Gasteiger partial charge in [-0.2, -0.15) is 0 Å². The van der Waals surface area contributed by atoms with E-state index in [1.807, 2.05) is 30.3 Å². The monoisotopic (exact) mass is 555 g/mol. The van der Waals surface area contributed by atoms with Crippen molar-refractivity contribution in [2.75, 3.05) is 13.7 Å². The minimum Gasteiger partial charge on any atom is -0.497 e. The van der Waals surface area contributed by atoms with E-state index in [0.717, 1.165) is 28.2 Å². The molecule has 0 saturated heterocycles. The van der Waals surface area contributed by atoms with Crippen LogP contribution in [-0.2, 0) is 9.53 Å². The normalized spacial score (nSPS) is 15.2.